The molecule has 3 amide bonds. The normalized spacial score (nSPS) is 10.5. The van der Waals surface area contributed by atoms with E-state index in [1.807, 2.05) is 18.2 Å². The SMILES string of the molecule is CN(CC(=O)Nc1ccccc1Cl)CC(=O)Nc1ccccc1C(=O)Nc1ccccc1. The van der Waals surface area contributed by atoms with Crippen molar-refractivity contribution in [1.82, 2.24) is 4.90 Å². The van der Waals surface area contributed by atoms with Gasteiger partial charge in [-0.15, -0.1) is 0 Å². The maximum Gasteiger partial charge on any atom is 0.257 e. The van der Waals surface area contributed by atoms with Gasteiger partial charge in [0.1, 0.15) is 0 Å². The first-order chi connectivity index (χ1) is 15.4. The van der Waals surface area contributed by atoms with E-state index in [2.05, 4.69) is 16.0 Å². The van der Waals surface area contributed by atoms with Crippen molar-refractivity contribution in [1.29, 1.82) is 0 Å². The third-order valence-corrected chi connectivity index (χ3v) is 4.78. The minimum absolute atomic E-state index is 0.00518. The minimum atomic E-state index is -0.349. The summed E-state index contributed by atoms with van der Waals surface area (Å²) in [6.45, 7) is -0.0423. The number of para-hydroxylation sites is 3. The summed E-state index contributed by atoms with van der Waals surface area (Å²) in [5, 5.41) is 8.70. The molecule has 3 aromatic rings. The smallest absolute Gasteiger partial charge is 0.257 e. The number of hydrogen-bond donors (Lipinski definition) is 3. The predicted octanol–water partition coefficient (Wildman–Crippen LogP) is 4.10. The highest BCUT2D eigenvalue weighted by Crippen LogP contribution is 2.20. The Hall–Kier alpha value is -3.68. The third-order valence-electron chi connectivity index (χ3n) is 4.45. The monoisotopic (exact) mass is 450 g/mol. The van der Waals surface area contributed by atoms with Gasteiger partial charge in [0.15, 0.2) is 0 Å². The Bertz CT molecular complexity index is 1110. The predicted molar refractivity (Wildman–Crippen MR) is 127 cm³/mol. The maximum absolute atomic E-state index is 12.6. The molecule has 0 unspecified atom stereocenters. The fraction of sp³-hybridized carbons (Fsp3) is 0.125. The largest absolute Gasteiger partial charge is 0.324 e. The zero-order valence-electron chi connectivity index (χ0n) is 17.5. The highest BCUT2D eigenvalue weighted by atomic mass is 35.5. The molecule has 0 aromatic heterocycles. The van der Waals surface area contributed by atoms with E-state index in [-0.39, 0.29) is 30.8 Å². The summed E-state index contributed by atoms with van der Waals surface area (Å²) >= 11 is 6.05. The molecule has 0 saturated heterocycles. The molecule has 0 radical (unpaired) electrons. The van der Waals surface area contributed by atoms with Crippen molar-refractivity contribution >= 4 is 46.4 Å². The van der Waals surface area contributed by atoms with Crippen molar-refractivity contribution in [2.75, 3.05) is 36.1 Å². The van der Waals surface area contributed by atoms with Crippen molar-refractivity contribution in [2.45, 2.75) is 0 Å². The molecule has 0 saturated carbocycles. The Morgan fingerprint density at radius 3 is 1.91 bits per heavy atom. The third kappa shape index (κ3) is 6.66. The number of likely N-dealkylation sites (N-methyl/N-ethyl adjacent to an activating group) is 1. The van der Waals surface area contributed by atoms with Crippen LogP contribution in [-0.4, -0.2) is 42.8 Å². The van der Waals surface area contributed by atoms with Gasteiger partial charge in [-0.25, -0.2) is 0 Å². The molecule has 0 aliphatic heterocycles. The second-order valence-electron chi connectivity index (χ2n) is 7.11. The number of anilines is 3. The number of nitrogens with zero attached hydrogens (tertiary/aromatic N) is 1. The molecule has 0 bridgehead atoms. The van der Waals surface area contributed by atoms with Crippen LogP contribution in [0.1, 0.15) is 10.4 Å². The van der Waals surface area contributed by atoms with E-state index in [1.54, 1.807) is 72.6 Å². The number of halogens is 1. The van der Waals surface area contributed by atoms with Crippen molar-refractivity contribution in [3.8, 4) is 0 Å². The van der Waals surface area contributed by atoms with Crippen LogP contribution in [0.5, 0.6) is 0 Å². The average molecular weight is 451 g/mol. The highest BCUT2D eigenvalue weighted by molar-refractivity contribution is 6.33. The van der Waals surface area contributed by atoms with E-state index in [1.165, 1.54) is 0 Å². The highest BCUT2D eigenvalue weighted by Gasteiger charge is 2.16. The minimum Gasteiger partial charge on any atom is -0.324 e. The van der Waals surface area contributed by atoms with Crippen LogP contribution in [-0.2, 0) is 9.59 Å². The Balaban J connectivity index is 1.56. The van der Waals surface area contributed by atoms with Gasteiger partial charge in [0.25, 0.3) is 5.91 Å². The van der Waals surface area contributed by atoms with Crippen LogP contribution in [0.3, 0.4) is 0 Å². The second kappa shape index (κ2) is 11.1. The molecule has 3 rings (SSSR count). The number of amides is 3. The average Bonchev–Trinajstić information content (AvgIpc) is 2.76. The molecule has 3 aromatic carbocycles. The Kier molecular flexibility index (Phi) is 7.96. The van der Waals surface area contributed by atoms with Crippen molar-refractivity contribution in [2.24, 2.45) is 0 Å². The first-order valence-electron chi connectivity index (χ1n) is 9.90. The Morgan fingerprint density at radius 2 is 1.25 bits per heavy atom. The summed E-state index contributed by atoms with van der Waals surface area (Å²) in [6.07, 6.45) is 0. The van der Waals surface area contributed by atoms with Gasteiger partial charge in [-0.3, -0.25) is 19.3 Å². The van der Waals surface area contributed by atoms with Crippen LogP contribution >= 0.6 is 11.6 Å². The summed E-state index contributed by atoms with van der Waals surface area (Å²) in [6, 6.07) is 22.7. The van der Waals surface area contributed by atoms with Gasteiger partial charge in [-0.2, -0.15) is 0 Å². The number of hydrogen-bond acceptors (Lipinski definition) is 4. The number of carbonyl (C=O) groups is 3. The summed E-state index contributed by atoms with van der Waals surface area (Å²) < 4.78 is 0. The molecule has 0 spiro atoms. The lowest BCUT2D eigenvalue weighted by Crippen LogP contribution is -2.36. The van der Waals surface area contributed by atoms with Crippen LogP contribution in [0, 0.1) is 0 Å². The fourth-order valence-electron chi connectivity index (χ4n) is 3.00. The topological polar surface area (TPSA) is 90.5 Å². The van der Waals surface area contributed by atoms with Crippen LogP contribution in [0.2, 0.25) is 5.02 Å². The molecular formula is C24H23ClN4O3. The van der Waals surface area contributed by atoms with Gasteiger partial charge < -0.3 is 16.0 Å². The lowest BCUT2D eigenvalue weighted by atomic mass is 10.1. The van der Waals surface area contributed by atoms with Crippen molar-refractivity contribution in [3.05, 3.63) is 89.4 Å². The standard InChI is InChI=1S/C24H23ClN4O3/c1-29(16-23(31)28-21-14-8-6-12-19(21)25)15-22(30)27-20-13-7-5-11-18(20)24(32)26-17-9-3-2-4-10-17/h2-14H,15-16H2,1H3,(H,26,32)(H,27,30)(H,28,31). The first-order valence-corrected chi connectivity index (χ1v) is 10.3. The molecule has 0 heterocycles. The van der Waals surface area contributed by atoms with Gasteiger partial charge >= 0.3 is 0 Å². The van der Waals surface area contributed by atoms with Gasteiger partial charge in [-0.1, -0.05) is 54.1 Å². The van der Waals surface area contributed by atoms with Gasteiger partial charge in [0.2, 0.25) is 11.8 Å². The van der Waals surface area contributed by atoms with Gasteiger partial charge in [-0.05, 0) is 43.4 Å². The molecule has 3 N–H and O–H groups in total. The van der Waals surface area contributed by atoms with E-state index in [4.69, 9.17) is 11.6 Å². The second-order valence-corrected chi connectivity index (χ2v) is 7.52. The molecule has 164 valence electrons. The summed E-state index contributed by atoms with van der Waals surface area (Å²) in [5.41, 5.74) is 1.89. The van der Waals surface area contributed by atoms with Crippen LogP contribution in [0.4, 0.5) is 17.1 Å². The number of benzene rings is 3. The molecule has 32 heavy (non-hydrogen) atoms. The molecule has 8 heteroatoms. The fourth-order valence-corrected chi connectivity index (χ4v) is 3.18. The molecule has 7 nitrogen and oxygen atoms in total. The maximum atomic E-state index is 12.6. The molecule has 0 fully saturated rings. The van der Waals surface area contributed by atoms with Gasteiger partial charge in [0, 0.05) is 5.69 Å². The van der Waals surface area contributed by atoms with Gasteiger partial charge in [0.05, 0.1) is 35.1 Å². The number of rotatable bonds is 8. The van der Waals surface area contributed by atoms with E-state index >= 15 is 0 Å². The summed E-state index contributed by atoms with van der Waals surface area (Å²) in [7, 11) is 1.65. The molecule has 0 aliphatic carbocycles. The number of nitrogens with one attached hydrogen (secondary N) is 3. The quantitative estimate of drug-likeness (QED) is 0.482. The zero-order chi connectivity index (χ0) is 22.9. The molecular weight excluding hydrogens is 428 g/mol. The van der Waals surface area contributed by atoms with Crippen LogP contribution in [0.15, 0.2) is 78.9 Å². The van der Waals surface area contributed by atoms with E-state index < -0.39 is 0 Å². The lowest BCUT2D eigenvalue weighted by Gasteiger charge is -2.17. The van der Waals surface area contributed by atoms with E-state index in [9.17, 15) is 14.4 Å². The first kappa shape index (κ1) is 23.0. The molecule has 0 atom stereocenters. The molecule has 0 aliphatic rings. The Labute approximate surface area is 191 Å². The summed E-state index contributed by atoms with van der Waals surface area (Å²) in [4.78, 5) is 39.0. The van der Waals surface area contributed by atoms with Crippen LogP contribution < -0.4 is 16.0 Å². The summed E-state index contributed by atoms with van der Waals surface area (Å²) in [5.74, 6) is -0.978. The van der Waals surface area contributed by atoms with Crippen molar-refractivity contribution in [3.63, 3.8) is 0 Å². The lowest BCUT2D eigenvalue weighted by molar-refractivity contribution is -0.119. The van der Waals surface area contributed by atoms with E-state index in [0.717, 1.165) is 0 Å². The van der Waals surface area contributed by atoms with Crippen molar-refractivity contribution < 1.29 is 14.4 Å². The number of carbonyl (C=O) groups excluding carboxylic acids is 3. The Morgan fingerprint density at radius 1 is 0.719 bits per heavy atom. The zero-order valence-corrected chi connectivity index (χ0v) is 18.2. The van der Waals surface area contributed by atoms with E-state index in [0.29, 0.717) is 27.6 Å². The van der Waals surface area contributed by atoms with Crippen LogP contribution in [0.25, 0.3) is 0 Å².